The monoisotopic (exact) mass is 360 g/mol. The Balaban J connectivity index is 2.52. The first-order chi connectivity index (χ1) is 10.6. The fourth-order valence-corrected chi connectivity index (χ4v) is 2.27. The van der Waals surface area contributed by atoms with Gasteiger partial charge >= 0.3 is 6.09 Å². The van der Waals surface area contributed by atoms with Crippen LogP contribution < -0.4 is 10.6 Å². The Bertz CT molecular complexity index is 528. The van der Waals surface area contributed by atoms with Crippen molar-refractivity contribution in [3.05, 3.63) is 33.8 Å². The largest absolute Gasteiger partial charge is 0.444 e. The van der Waals surface area contributed by atoms with E-state index in [1.165, 1.54) is 0 Å². The van der Waals surface area contributed by atoms with Crippen molar-refractivity contribution in [2.45, 2.75) is 52.8 Å². The maximum Gasteiger partial charge on any atom is 0.407 e. The Morgan fingerprint density at radius 3 is 2.39 bits per heavy atom. The topological polar surface area (TPSA) is 50.4 Å². The average Bonchev–Trinajstić information content (AvgIpc) is 2.40. The molecule has 1 amide bonds. The predicted octanol–water partition coefficient (Wildman–Crippen LogP) is 4.63. The van der Waals surface area contributed by atoms with Crippen LogP contribution in [0.1, 0.15) is 40.2 Å². The number of hydrogen-bond acceptors (Lipinski definition) is 3. The maximum atomic E-state index is 11.7. The molecule has 0 radical (unpaired) electrons. The van der Waals surface area contributed by atoms with Gasteiger partial charge < -0.3 is 15.4 Å². The minimum absolute atomic E-state index is 0.122. The molecule has 4 nitrogen and oxygen atoms in total. The molecule has 0 heterocycles. The van der Waals surface area contributed by atoms with Gasteiger partial charge in [-0.25, -0.2) is 4.79 Å². The number of benzene rings is 1. The second-order valence-electron chi connectivity index (χ2n) is 6.86. The quantitative estimate of drug-likeness (QED) is 0.777. The zero-order valence-electron chi connectivity index (χ0n) is 14.4. The number of carbonyl (C=O) groups excluding carboxylic acids is 1. The molecule has 0 aliphatic carbocycles. The summed E-state index contributed by atoms with van der Waals surface area (Å²) >= 11 is 11.9. The lowest BCUT2D eigenvalue weighted by atomic mass is 10.0. The minimum atomic E-state index is -0.495. The molecule has 0 bridgehead atoms. The van der Waals surface area contributed by atoms with E-state index < -0.39 is 11.7 Å². The minimum Gasteiger partial charge on any atom is -0.444 e. The Labute approximate surface area is 148 Å². The van der Waals surface area contributed by atoms with Crippen LogP contribution in [0.3, 0.4) is 0 Å². The zero-order chi connectivity index (χ0) is 17.6. The first-order valence-electron chi connectivity index (χ1n) is 7.72. The summed E-state index contributed by atoms with van der Waals surface area (Å²) in [5, 5.41) is 7.32. The van der Waals surface area contributed by atoms with Gasteiger partial charge in [0.15, 0.2) is 0 Å². The van der Waals surface area contributed by atoms with Crippen molar-refractivity contribution < 1.29 is 9.53 Å². The molecule has 1 aromatic rings. The van der Waals surface area contributed by atoms with Gasteiger partial charge in [-0.1, -0.05) is 43.1 Å². The number of ether oxygens (including phenoxy) is 1. The molecule has 0 spiro atoms. The number of alkyl carbamates (subject to hydrolysis) is 1. The number of rotatable bonds is 6. The number of hydrogen-bond donors (Lipinski definition) is 2. The van der Waals surface area contributed by atoms with Crippen molar-refractivity contribution in [3.63, 3.8) is 0 Å². The van der Waals surface area contributed by atoms with Crippen molar-refractivity contribution in [2.24, 2.45) is 5.92 Å². The molecule has 0 aliphatic rings. The van der Waals surface area contributed by atoms with Gasteiger partial charge in [0.2, 0.25) is 0 Å². The molecular formula is C17H26Cl2N2O2. The van der Waals surface area contributed by atoms with Crippen molar-refractivity contribution in [3.8, 4) is 0 Å². The smallest absolute Gasteiger partial charge is 0.407 e. The normalized spacial score (nSPS) is 13.0. The van der Waals surface area contributed by atoms with Crippen LogP contribution in [-0.4, -0.2) is 24.3 Å². The second-order valence-corrected chi connectivity index (χ2v) is 7.68. The Morgan fingerprint density at radius 2 is 1.87 bits per heavy atom. The summed E-state index contributed by atoms with van der Waals surface area (Å²) in [7, 11) is 0. The van der Waals surface area contributed by atoms with Crippen molar-refractivity contribution >= 4 is 29.3 Å². The van der Waals surface area contributed by atoms with Crippen molar-refractivity contribution in [1.29, 1.82) is 0 Å². The van der Waals surface area contributed by atoms with Gasteiger partial charge in [0, 0.05) is 19.1 Å². The molecule has 1 unspecified atom stereocenters. The van der Waals surface area contributed by atoms with E-state index in [0.717, 1.165) is 5.56 Å². The summed E-state index contributed by atoms with van der Waals surface area (Å²) < 4.78 is 5.25. The SMILES string of the molecule is CC(C)C(CNC(=O)OC(C)(C)C)NCc1ccc(Cl)c(Cl)c1. The maximum absolute atomic E-state index is 11.7. The summed E-state index contributed by atoms with van der Waals surface area (Å²) in [6.45, 7) is 10.9. The fraction of sp³-hybridized carbons (Fsp3) is 0.588. The van der Waals surface area contributed by atoms with Crippen LogP contribution in [-0.2, 0) is 11.3 Å². The third-order valence-electron chi connectivity index (χ3n) is 3.22. The predicted molar refractivity (Wildman–Crippen MR) is 96.2 cm³/mol. The molecule has 2 N–H and O–H groups in total. The zero-order valence-corrected chi connectivity index (χ0v) is 15.9. The van der Waals surface area contributed by atoms with Crippen LogP contribution in [0, 0.1) is 5.92 Å². The Hall–Kier alpha value is -0.970. The molecule has 0 saturated carbocycles. The molecule has 6 heteroatoms. The van der Waals surface area contributed by atoms with Gasteiger partial charge in [0.25, 0.3) is 0 Å². The molecule has 0 aliphatic heterocycles. The molecule has 1 aromatic carbocycles. The summed E-state index contributed by atoms with van der Waals surface area (Å²) in [6.07, 6.45) is -0.403. The first kappa shape index (κ1) is 20.1. The number of nitrogens with one attached hydrogen (secondary N) is 2. The van der Waals surface area contributed by atoms with Gasteiger partial charge in [-0.15, -0.1) is 0 Å². The fourth-order valence-electron chi connectivity index (χ4n) is 1.95. The van der Waals surface area contributed by atoms with E-state index in [2.05, 4.69) is 24.5 Å². The van der Waals surface area contributed by atoms with Gasteiger partial charge in [0.1, 0.15) is 5.60 Å². The molecule has 0 fully saturated rings. The van der Waals surface area contributed by atoms with Gasteiger partial charge in [0.05, 0.1) is 10.0 Å². The van der Waals surface area contributed by atoms with E-state index in [9.17, 15) is 4.79 Å². The summed E-state index contributed by atoms with van der Waals surface area (Å²) in [4.78, 5) is 11.7. The standard InChI is InChI=1S/C17H26Cl2N2O2/c1-11(2)15(10-21-16(22)23-17(3,4)5)20-9-12-6-7-13(18)14(19)8-12/h6-8,11,15,20H,9-10H2,1-5H3,(H,21,22). The Morgan fingerprint density at radius 1 is 1.22 bits per heavy atom. The van der Waals surface area contributed by atoms with E-state index >= 15 is 0 Å². The van der Waals surface area contributed by atoms with Crippen molar-refractivity contribution in [2.75, 3.05) is 6.54 Å². The third-order valence-corrected chi connectivity index (χ3v) is 3.96. The highest BCUT2D eigenvalue weighted by Gasteiger charge is 2.18. The second kappa shape index (κ2) is 8.76. The molecule has 0 saturated heterocycles. The van der Waals surface area contributed by atoms with E-state index in [-0.39, 0.29) is 6.04 Å². The van der Waals surface area contributed by atoms with Gasteiger partial charge in [-0.3, -0.25) is 0 Å². The Kier molecular flexibility index (Phi) is 7.65. The lowest BCUT2D eigenvalue weighted by Crippen LogP contribution is -2.45. The van der Waals surface area contributed by atoms with E-state index in [1.807, 2.05) is 32.9 Å². The summed E-state index contributed by atoms with van der Waals surface area (Å²) in [5.41, 5.74) is 0.549. The first-order valence-corrected chi connectivity index (χ1v) is 8.48. The van der Waals surface area contributed by atoms with Gasteiger partial charge in [-0.05, 0) is 44.4 Å². The van der Waals surface area contributed by atoms with Crippen molar-refractivity contribution in [1.82, 2.24) is 10.6 Å². The highest BCUT2D eigenvalue weighted by Crippen LogP contribution is 2.22. The molecule has 23 heavy (non-hydrogen) atoms. The third kappa shape index (κ3) is 7.91. The van der Waals surface area contributed by atoms with E-state index in [0.29, 0.717) is 29.1 Å². The van der Waals surface area contributed by atoms with Gasteiger partial charge in [-0.2, -0.15) is 0 Å². The lowest BCUT2D eigenvalue weighted by molar-refractivity contribution is 0.0519. The van der Waals surface area contributed by atoms with Crippen LogP contribution >= 0.6 is 23.2 Å². The average molecular weight is 361 g/mol. The molecule has 130 valence electrons. The van der Waals surface area contributed by atoms with Crippen LogP contribution in [0.15, 0.2) is 18.2 Å². The summed E-state index contributed by atoms with van der Waals surface area (Å²) in [6, 6.07) is 5.68. The number of carbonyl (C=O) groups is 1. The van der Waals surface area contributed by atoms with E-state index in [1.54, 1.807) is 6.07 Å². The molecule has 1 rings (SSSR count). The van der Waals surface area contributed by atoms with Crippen LogP contribution in [0.5, 0.6) is 0 Å². The molecular weight excluding hydrogens is 335 g/mol. The molecule has 1 atom stereocenters. The number of halogens is 2. The summed E-state index contributed by atoms with van der Waals surface area (Å²) in [5.74, 6) is 0.354. The van der Waals surface area contributed by atoms with Crippen LogP contribution in [0.4, 0.5) is 4.79 Å². The van der Waals surface area contributed by atoms with Crippen LogP contribution in [0.25, 0.3) is 0 Å². The molecule has 0 aromatic heterocycles. The van der Waals surface area contributed by atoms with E-state index in [4.69, 9.17) is 27.9 Å². The lowest BCUT2D eigenvalue weighted by Gasteiger charge is -2.25. The number of amides is 1. The highest BCUT2D eigenvalue weighted by molar-refractivity contribution is 6.42. The highest BCUT2D eigenvalue weighted by atomic mass is 35.5. The van der Waals surface area contributed by atoms with Crippen LogP contribution in [0.2, 0.25) is 10.0 Å².